The number of nitrogens with one attached hydrogen (secondary N) is 1. The van der Waals surface area contributed by atoms with E-state index in [1.165, 1.54) is 0 Å². The smallest absolute Gasteiger partial charge is 0.254 e. The first kappa shape index (κ1) is 8.81. The Morgan fingerprint density at radius 2 is 2.38 bits per heavy atom. The van der Waals surface area contributed by atoms with Gasteiger partial charge in [0.2, 0.25) is 0 Å². The van der Waals surface area contributed by atoms with Crippen LogP contribution in [0.5, 0.6) is 0 Å². The number of nitrogens with zero attached hydrogens (tertiary/aromatic N) is 1. The van der Waals surface area contributed by atoms with E-state index >= 15 is 0 Å². The molecule has 2 aliphatic heterocycles. The number of fused-ring (bicyclic) bond motifs is 1. The first-order valence-electron chi connectivity index (χ1n) is 4.39. The second kappa shape index (κ2) is 3.18. The summed E-state index contributed by atoms with van der Waals surface area (Å²) in [6.45, 7) is 4.20. The first-order chi connectivity index (χ1) is 6.20. The standard InChI is InChI=1S/C9H12N2OS/c1-5(2)7-6-3-4-13-8(6)9(12)11-10-7/h3-6,8H,1-2H3,(H,11,12). The van der Waals surface area contributed by atoms with Gasteiger partial charge in [-0.05, 0) is 11.3 Å². The van der Waals surface area contributed by atoms with E-state index in [0.717, 1.165) is 5.71 Å². The van der Waals surface area contributed by atoms with Crippen LogP contribution in [-0.4, -0.2) is 16.9 Å². The van der Waals surface area contributed by atoms with Gasteiger partial charge in [-0.25, -0.2) is 5.43 Å². The fourth-order valence-corrected chi connectivity index (χ4v) is 2.66. The monoisotopic (exact) mass is 196 g/mol. The van der Waals surface area contributed by atoms with Gasteiger partial charge in [0.1, 0.15) is 5.25 Å². The Kier molecular flexibility index (Phi) is 2.15. The molecule has 0 radical (unpaired) electrons. The van der Waals surface area contributed by atoms with E-state index in [2.05, 4.69) is 30.5 Å². The lowest BCUT2D eigenvalue weighted by Gasteiger charge is -2.25. The predicted molar refractivity (Wildman–Crippen MR) is 54.4 cm³/mol. The molecule has 0 aromatic carbocycles. The number of hydrazone groups is 1. The number of hydrogen-bond donors (Lipinski definition) is 1. The third-order valence-corrected chi connectivity index (χ3v) is 3.44. The highest BCUT2D eigenvalue weighted by atomic mass is 32.2. The van der Waals surface area contributed by atoms with E-state index in [-0.39, 0.29) is 17.1 Å². The third kappa shape index (κ3) is 1.39. The van der Waals surface area contributed by atoms with Gasteiger partial charge in [0.05, 0.1) is 0 Å². The fraction of sp³-hybridized carbons (Fsp3) is 0.556. The van der Waals surface area contributed by atoms with Crippen molar-refractivity contribution in [3.05, 3.63) is 11.5 Å². The van der Waals surface area contributed by atoms with Crippen LogP contribution in [-0.2, 0) is 4.79 Å². The first-order valence-corrected chi connectivity index (χ1v) is 5.34. The molecule has 0 fully saturated rings. The third-order valence-electron chi connectivity index (χ3n) is 2.32. The number of carbonyl (C=O) groups is 1. The SMILES string of the molecule is CC(C)C1=NNC(=O)C2SC=CC12. The van der Waals surface area contributed by atoms with Crippen molar-refractivity contribution >= 4 is 23.4 Å². The molecule has 2 rings (SSSR count). The van der Waals surface area contributed by atoms with Gasteiger partial charge in [0.25, 0.3) is 5.91 Å². The Bertz CT molecular complexity index is 296. The van der Waals surface area contributed by atoms with E-state index in [1.54, 1.807) is 11.8 Å². The maximum atomic E-state index is 11.4. The molecule has 0 aromatic rings. The summed E-state index contributed by atoms with van der Waals surface area (Å²) in [6, 6.07) is 0. The van der Waals surface area contributed by atoms with Crippen molar-refractivity contribution in [2.45, 2.75) is 19.1 Å². The largest absolute Gasteiger partial charge is 0.272 e. The molecular formula is C9H12N2OS. The van der Waals surface area contributed by atoms with E-state index in [0.29, 0.717) is 5.92 Å². The Hall–Kier alpha value is -0.770. The summed E-state index contributed by atoms with van der Waals surface area (Å²) in [7, 11) is 0. The zero-order valence-electron chi connectivity index (χ0n) is 7.65. The quantitative estimate of drug-likeness (QED) is 0.688. The molecule has 13 heavy (non-hydrogen) atoms. The Morgan fingerprint density at radius 3 is 3.08 bits per heavy atom. The summed E-state index contributed by atoms with van der Waals surface area (Å²) >= 11 is 1.58. The van der Waals surface area contributed by atoms with E-state index in [4.69, 9.17) is 0 Å². The Labute approximate surface area is 81.7 Å². The van der Waals surface area contributed by atoms with Crippen molar-refractivity contribution in [1.82, 2.24) is 5.43 Å². The maximum absolute atomic E-state index is 11.4. The van der Waals surface area contributed by atoms with Gasteiger partial charge in [0.15, 0.2) is 0 Å². The molecule has 4 heteroatoms. The summed E-state index contributed by atoms with van der Waals surface area (Å²) in [6.07, 6.45) is 2.08. The van der Waals surface area contributed by atoms with Crippen molar-refractivity contribution in [2.75, 3.05) is 0 Å². The van der Waals surface area contributed by atoms with E-state index in [1.807, 2.05) is 5.41 Å². The average Bonchev–Trinajstić information content (AvgIpc) is 2.53. The van der Waals surface area contributed by atoms with Crippen LogP contribution in [0.25, 0.3) is 0 Å². The molecule has 1 amide bonds. The van der Waals surface area contributed by atoms with E-state index < -0.39 is 0 Å². The van der Waals surface area contributed by atoms with Crippen LogP contribution in [0.4, 0.5) is 0 Å². The minimum absolute atomic E-state index is 0.0231. The number of thioether (sulfide) groups is 1. The number of carbonyl (C=O) groups excluding carboxylic acids is 1. The highest BCUT2D eigenvalue weighted by molar-refractivity contribution is 8.03. The van der Waals surface area contributed by atoms with Crippen LogP contribution < -0.4 is 5.43 Å². The molecule has 3 nitrogen and oxygen atoms in total. The number of rotatable bonds is 1. The van der Waals surface area contributed by atoms with Crippen molar-refractivity contribution in [3.63, 3.8) is 0 Å². The molecule has 0 aromatic heterocycles. The molecule has 2 unspecified atom stereocenters. The minimum atomic E-state index is 0.0231. The molecule has 0 aliphatic carbocycles. The van der Waals surface area contributed by atoms with Gasteiger partial charge in [0, 0.05) is 11.6 Å². The Balaban J connectivity index is 2.29. The molecule has 0 spiro atoms. The topological polar surface area (TPSA) is 41.5 Å². The van der Waals surface area contributed by atoms with Gasteiger partial charge in [-0.15, -0.1) is 11.8 Å². The lowest BCUT2D eigenvalue weighted by Crippen LogP contribution is -2.43. The summed E-state index contributed by atoms with van der Waals surface area (Å²) < 4.78 is 0. The zero-order chi connectivity index (χ0) is 9.42. The normalized spacial score (nSPS) is 31.6. The molecule has 2 aliphatic rings. The zero-order valence-corrected chi connectivity index (χ0v) is 8.47. The molecule has 0 bridgehead atoms. The molecule has 2 atom stereocenters. The molecule has 2 heterocycles. The Morgan fingerprint density at radius 1 is 1.62 bits per heavy atom. The maximum Gasteiger partial charge on any atom is 0.254 e. The second-order valence-corrected chi connectivity index (χ2v) is 4.63. The van der Waals surface area contributed by atoms with Gasteiger partial charge in [-0.2, -0.15) is 5.10 Å². The summed E-state index contributed by atoms with van der Waals surface area (Å²) in [5.41, 5.74) is 3.66. The van der Waals surface area contributed by atoms with Crippen LogP contribution in [0, 0.1) is 11.8 Å². The summed E-state index contributed by atoms with van der Waals surface area (Å²) in [4.78, 5) is 11.4. The molecule has 0 saturated heterocycles. The summed E-state index contributed by atoms with van der Waals surface area (Å²) in [5, 5.41) is 6.13. The van der Waals surface area contributed by atoms with Crippen LogP contribution in [0.2, 0.25) is 0 Å². The van der Waals surface area contributed by atoms with Crippen LogP contribution in [0.1, 0.15) is 13.8 Å². The van der Waals surface area contributed by atoms with Crippen molar-refractivity contribution in [1.29, 1.82) is 0 Å². The number of hydrogen-bond acceptors (Lipinski definition) is 3. The molecular weight excluding hydrogens is 184 g/mol. The lowest BCUT2D eigenvalue weighted by molar-refractivity contribution is -0.121. The van der Waals surface area contributed by atoms with Gasteiger partial charge in [-0.3, -0.25) is 4.79 Å². The lowest BCUT2D eigenvalue weighted by atomic mass is 9.90. The number of amides is 1. The summed E-state index contributed by atoms with van der Waals surface area (Å²) in [5.74, 6) is 0.652. The van der Waals surface area contributed by atoms with Crippen molar-refractivity contribution in [2.24, 2.45) is 16.9 Å². The highest BCUT2D eigenvalue weighted by Crippen LogP contribution is 2.34. The van der Waals surface area contributed by atoms with Crippen LogP contribution in [0.3, 0.4) is 0 Å². The minimum Gasteiger partial charge on any atom is -0.272 e. The molecule has 0 saturated carbocycles. The molecule has 1 N–H and O–H groups in total. The van der Waals surface area contributed by atoms with E-state index in [9.17, 15) is 4.79 Å². The van der Waals surface area contributed by atoms with Crippen molar-refractivity contribution < 1.29 is 4.79 Å². The predicted octanol–water partition coefficient (Wildman–Crippen LogP) is 1.37. The van der Waals surface area contributed by atoms with Crippen molar-refractivity contribution in [3.8, 4) is 0 Å². The fourth-order valence-electron chi connectivity index (χ4n) is 1.65. The molecule has 70 valence electrons. The average molecular weight is 196 g/mol. The van der Waals surface area contributed by atoms with Crippen LogP contribution >= 0.6 is 11.8 Å². The number of allylic oxidation sites excluding steroid dienone is 1. The van der Waals surface area contributed by atoms with Gasteiger partial charge in [-0.1, -0.05) is 19.9 Å². The van der Waals surface area contributed by atoms with Gasteiger partial charge < -0.3 is 0 Å². The highest BCUT2D eigenvalue weighted by Gasteiger charge is 2.37. The van der Waals surface area contributed by atoms with Gasteiger partial charge >= 0.3 is 0 Å². The second-order valence-electron chi connectivity index (χ2n) is 3.58. The van der Waals surface area contributed by atoms with Crippen LogP contribution in [0.15, 0.2) is 16.6 Å².